The Hall–Kier alpha value is -1.17. The number of rotatable bonds is 8. The van der Waals surface area contributed by atoms with Gasteiger partial charge in [-0.15, -0.1) is 0 Å². The van der Waals surface area contributed by atoms with E-state index in [2.05, 4.69) is 37.5 Å². The largest absolute Gasteiger partial charge is 0.378 e. The Bertz CT molecular complexity index is 890. The second-order valence-electron chi connectivity index (χ2n) is 9.27. The molecule has 3 heterocycles. The van der Waals surface area contributed by atoms with Gasteiger partial charge in [-0.25, -0.2) is 0 Å². The number of ketones is 1. The molecule has 5 rings (SSSR count). The first-order valence-electron chi connectivity index (χ1n) is 11.3. The van der Waals surface area contributed by atoms with Crippen molar-refractivity contribution in [3.8, 4) is 0 Å². The van der Waals surface area contributed by atoms with Gasteiger partial charge in [0.25, 0.3) is 0 Å². The Morgan fingerprint density at radius 3 is 2.59 bits per heavy atom. The molecule has 2 saturated heterocycles. The summed E-state index contributed by atoms with van der Waals surface area (Å²) in [4.78, 5) is 14.8. The van der Waals surface area contributed by atoms with Crippen LogP contribution in [-0.4, -0.2) is 46.6 Å². The van der Waals surface area contributed by atoms with E-state index in [0.717, 1.165) is 53.0 Å². The summed E-state index contributed by atoms with van der Waals surface area (Å²) in [6, 6.07) is 7.55. The number of benzene rings is 1. The van der Waals surface area contributed by atoms with E-state index in [-0.39, 0.29) is 5.78 Å². The molecule has 0 radical (unpaired) electrons. The summed E-state index contributed by atoms with van der Waals surface area (Å²) in [6.45, 7) is 4.75. The number of Topliss-reactive ketones (excluding diaryl/α,β-unsaturated/α-hetero) is 1. The van der Waals surface area contributed by atoms with Crippen LogP contribution in [0.15, 0.2) is 28.9 Å². The summed E-state index contributed by atoms with van der Waals surface area (Å²) in [5.74, 6) is 0.999. The Morgan fingerprint density at radius 1 is 1.14 bits per heavy atom. The van der Waals surface area contributed by atoms with Gasteiger partial charge in [-0.3, -0.25) is 9.69 Å². The molecule has 0 N–H and O–H groups in total. The van der Waals surface area contributed by atoms with E-state index in [1.165, 1.54) is 38.5 Å². The first kappa shape index (κ1) is 19.8. The van der Waals surface area contributed by atoms with Crippen molar-refractivity contribution < 1.29 is 9.53 Å². The number of fused-ring (bicyclic) bond motifs is 3. The average Bonchev–Trinajstić information content (AvgIpc) is 3.40. The van der Waals surface area contributed by atoms with Crippen LogP contribution in [0.2, 0.25) is 0 Å². The lowest BCUT2D eigenvalue weighted by Gasteiger charge is -2.39. The number of hydrogen-bond donors (Lipinski definition) is 0. The number of ether oxygens (including phenoxy) is 1. The lowest BCUT2D eigenvalue weighted by molar-refractivity contribution is -0.0241. The maximum Gasteiger partial charge on any atom is 0.161 e. The maximum absolute atomic E-state index is 12.1. The molecular formula is C24H31BrN2O2. The molecule has 156 valence electrons. The molecule has 1 aliphatic carbocycles. The van der Waals surface area contributed by atoms with Crippen LogP contribution in [0.3, 0.4) is 0 Å². The zero-order valence-corrected chi connectivity index (χ0v) is 18.9. The minimum atomic E-state index is 0.137. The van der Waals surface area contributed by atoms with Crippen molar-refractivity contribution in [3.63, 3.8) is 0 Å². The molecule has 4 nitrogen and oxygen atoms in total. The highest BCUT2D eigenvalue weighted by Gasteiger charge is 2.41. The maximum atomic E-state index is 12.1. The normalized spacial score (nSPS) is 27.0. The summed E-state index contributed by atoms with van der Waals surface area (Å²) in [5, 5.41) is 1.06. The van der Waals surface area contributed by atoms with Crippen molar-refractivity contribution in [3.05, 3.63) is 34.4 Å². The number of halogens is 1. The monoisotopic (exact) mass is 458 g/mol. The number of aryl methyl sites for hydroxylation is 1. The second-order valence-corrected chi connectivity index (χ2v) is 10.1. The van der Waals surface area contributed by atoms with Gasteiger partial charge in [-0.05, 0) is 79.8 Å². The minimum Gasteiger partial charge on any atom is -0.378 e. The smallest absolute Gasteiger partial charge is 0.161 e. The highest BCUT2D eigenvalue weighted by atomic mass is 79.9. The van der Waals surface area contributed by atoms with E-state index in [1.54, 1.807) is 6.92 Å². The number of hydrogen-bond acceptors (Lipinski definition) is 3. The van der Waals surface area contributed by atoms with Crippen LogP contribution in [0.1, 0.15) is 62.2 Å². The summed E-state index contributed by atoms with van der Waals surface area (Å²) in [5.41, 5.74) is 1.97. The standard InChI is InChI=1S/C24H31BrN2O2/c1-16(28)22-14-26(24-21(22)4-2-5-23(24)25)10-3-11-27-18-8-9-19(27)13-20(12-18)29-15-17-6-7-17/h2,4-5,14,17-20H,3,6-13,15H2,1H3/t18-,19+,20?. The highest BCUT2D eigenvalue weighted by Crippen LogP contribution is 2.38. The Labute approximate surface area is 181 Å². The van der Waals surface area contributed by atoms with Gasteiger partial charge in [0.15, 0.2) is 5.78 Å². The third-order valence-corrected chi connectivity index (χ3v) is 7.79. The summed E-state index contributed by atoms with van der Waals surface area (Å²) in [7, 11) is 0. The Balaban J connectivity index is 1.21. The second kappa shape index (κ2) is 8.16. The minimum absolute atomic E-state index is 0.137. The third kappa shape index (κ3) is 4.06. The first-order valence-corrected chi connectivity index (χ1v) is 12.0. The van der Waals surface area contributed by atoms with Crippen molar-refractivity contribution in [2.24, 2.45) is 5.92 Å². The van der Waals surface area contributed by atoms with E-state index < -0.39 is 0 Å². The van der Waals surface area contributed by atoms with E-state index >= 15 is 0 Å². The molecule has 3 aliphatic rings. The Kier molecular flexibility index (Phi) is 5.57. The number of carbonyl (C=O) groups excluding carboxylic acids is 1. The van der Waals surface area contributed by atoms with Gasteiger partial charge >= 0.3 is 0 Å². The fourth-order valence-corrected chi connectivity index (χ4v) is 6.07. The van der Waals surface area contributed by atoms with Crippen molar-refractivity contribution in [1.29, 1.82) is 0 Å². The molecule has 29 heavy (non-hydrogen) atoms. The van der Waals surface area contributed by atoms with E-state index in [4.69, 9.17) is 4.74 Å². The van der Waals surface area contributed by atoms with Crippen molar-refractivity contribution in [2.75, 3.05) is 13.2 Å². The molecule has 1 saturated carbocycles. The molecule has 2 aromatic rings. The fraction of sp³-hybridized carbons (Fsp3) is 0.625. The van der Waals surface area contributed by atoms with Crippen LogP contribution < -0.4 is 0 Å². The number of piperidine rings is 1. The quantitative estimate of drug-likeness (QED) is 0.495. The topological polar surface area (TPSA) is 34.5 Å². The zero-order valence-electron chi connectivity index (χ0n) is 17.3. The van der Waals surface area contributed by atoms with E-state index in [0.29, 0.717) is 18.2 Å². The zero-order chi connectivity index (χ0) is 20.0. The van der Waals surface area contributed by atoms with Gasteiger partial charge in [-0.1, -0.05) is 12.1 Å². The molecule has 5 heteroatoms. The molecular weight excluding hydrogens is 428 g/mol. The van der Waals surface area contributed by atoms with Gasteiger partial charge in [0.1, 0.15) is 0 Å². The molecule has 2 aliphatic heterocycles. The van der Waals surface area contributed by atoms with Crippen LogP contribution in [0.5, 0.6) is 0 Å². The predicted octanol–water partition coefficient (Wildman–Crippen LogP) is 5.42. The third-order valence-electron chi connectivity index (χ3n) is 7.15. The van der Waals surface area contributed by atoms with E-state index in [1.807, 2.05) is 12.3 Å². The van der Waals surface area contributed by atoms with Gasteiger partial charge in [0.05, 0.1) is 11.6 Å². The number of para-hydroxylation sites is 1. The van der Waals surface area contributed by atoms with Crippen LogP contribution in [-0.2, 0) is 11.3 Å². The summed E-state index contributed by atoms with van der Waals surface area (Å²) in [6.07, 6.45) is 11.5. The van der Waals surface area contributed by atoms with Gasteiger partial charge < -0.3 is 9.30 Å². The van der Waals surface area contributed by atoms with Gasteiger partial charge in [0.2, 0.25) is 0 Å². The van der Waals surface area contributed by atoms with Crippen LogP contribution >= 0.6 is 15.9 Å². The summed E-state index contributed by atoms with van der Waals surface area (Å²) >= 11 is 3.69. The van der Waals surface area contributed by atoms with Crippen LogP contribution in [0.4, 0.5) is 0 Å². The van der Waals surface area contributed by atoms with Gasteiger partial charge in [-0.2, -0.15) is 0 Å². The fourth-order valence-electron chi connectivity index (χ4n) is 5.48. The Morgan fingerprint density at radius 2 is 1.90 bits per heavy atom. The number of carbonyl (C=O) groups is 1. The van der Waals surface area contributed by atoms with Crippen LogP contribution in [0.25, 0.3) is 10.9 Å². The average molecular weight is 459 g/mol. The van der Waals surface area contributed by atoms with Crippen molar-refractivity contribution in [2.45, 2.75) is 76.6 Å². The van der Waals surface area contributed by atoms with Crippen LogP contribution in [0, 0.1) is 5.92 Å². The number of nitrogens with zero attached hydrogens (tertiary/aromatic N) is 2. The van der Waals surface area contributed by atoms with E-state index in [9.17, 15) is 4.79 Å². The summed E-state index contributed by atoms with van der Waals surface area (Å²) < 4.78 is 9.56. The lowest BCUT2D eigenvalue weighted by atomic mass is 9.99. The molecule has 0 amide bonds. The molecule has 2 bridgehead atoms. The predicted molar refractivity (Wildman–Crippen MR) is 119 cm³/mol. The SMILES string of the molecule is CC(=O)c1cn(CCCN2[C@@H]3CC[C@H]2CC(OCC2CC2)C3)c2c(Br)cccc12. The molecule has 1 aromatic carbocycles. The lowest BCUT2D eigenvalue weighted by Crippen LogP contribution is -2.46. The molecule has 1 aromatic heterocycles. The van der Waals surface area contributed by atoms with Crippen molar-refractivity contribution in [1.82, 2.24) is 9.47 Å². The molecule has 3 fully saturated rings. The van der Waals surface area contributed by atoms with Gasteiger partial charge in [0, 0.05) is 53.4 Å². The molecule has 0 spiro atoms. The first-order chi connectivity index (χ1) is 14.1. The molecule has 1 unspecified atom stereocenters. The molecule has 3 atom stereocenters. The van der Waals surface area contributed by atoms with Crippen molar-refractivity contribution >= 4 is 32.6 Å². The highest BCUT2D eigenvalue weighted by molar-refractivity contribution is 9.10. The number of aromatic nitrogens is 1.